The van der Waals surface area contributed by atoms with Crippen molar-refractivity contribution >= 4 is 22.4 Å². The lowest BCUT2D eigenvalue weighted by atomic mass is 10.0. The van der Waals surface area contributed by atoms with Crippen LogP contribution in [0.25, 0.3) is 0 Å². The van der Waals surface area contributed by atoms with Crippen LogP contribution < -0.4 is 10.1 Å². The average Bonchev–Trinajstić information content (AvgIpc) is 3.23. The van der Waals surface area contributed by atoms with E-state index < -0.39 is 0 Å². The maximum atomic E-state index is 12.3. The first-order chi connectivity index (χ1) is 13.6. The Hall–Kier alpha value is -2.67. The van der Waals surface area contributed by atoms with E-state index in [-0.39, 0.29) is 5.91 Å². The standard InChI is InChI=1S/C21H23N3O3S/c1-13-17(14(2)27-24-13)12-26-16-9-7-15(8-10-16)11-20(25)23-21-22-18-5-3-4-6-19(18)28-21/h7-10H,3-6,11-12H2,1-2H3,(H,22,23,25). The summed E-state index contributed by atoms with van der Waals surface area (Å²) in [5.74, 6) is 1.47. The minimum absolute atomic E-state index is 0.0458. The molecule has 0 saturated carbocycles. The summed E-state index contributed by atoms with van der Waals surface area (Å²) in [5.41, 5.74) is 3.90. The van der Waals surface area contributed by atoms with E-state index in [1.807, 2.05) is 38.1 Å². The third-order valence-electron chi connectivity index (χ3n) is 4.94. The Balaban J connectivity index is 1.31. The first-order valence-corrected chi connectivity index (χ1v) is 10.3. The second-order valence-corrected chi connectivity index (χ2v) is 8.14. The van der Waals surface area contributed by atoms with Gasteiger partial charge in [-0.25, -0.2) is 4.98 Å². The number of benzene rings is 1. The molecule has 1 aliphatic rings. The molecule has 1 N–H and O–H groups in total. The molecule has 7 heteroatoms. The van der Waals surface area contributed by atoms with Crippen LogP contribution in [-0.2, 0) is 30.7 Å². The van der Waals surface area contributed by atoms with Gasteiger partial charge in [-0.2, -0.15) is 0 Å². The van der Waals surface area contributed by atoms with Crippen LogP contribution in [0.5, 0.6) is 5.75 Å². The SMILES string of the molecule is Cc1noc(C)c1COc1ccc(CC(=O)Nc2nc3c(s2)CCCC3)cc1. The number of amides is 1. The van der Waals surface area contributed by atoms with Crippen molar-refractivity contribution in [3.8, 4) is 5.75 Å². The van der Waals surface area contributed by atoms with E-state index in [0.29, 0.717) is 13.0 Å². The largest absolute Gasteiger partial charge is 0.489 e. The number of rotatable bonds is 6. The molecule has 1 amide bonds. The molecule has 0 radical (unpaired) electrons. The lowest BCUT2D eigenvalue weighted by Crippen LogP contribution is -2.14. The van der Waals surface area contributed by atoms with E-state index >= 15 is 0 Å². The van der Waals surface area contributed by atoms with Gasteiger partial charge in [-0.1, -0.05) is 17.3 Å². The number of nitrogens with one attached hydrogen (secondary N) is 1. The van der Waals surface area contributed by atoms with Crippen molar-refractivity contribution in [2.75, 3.05) is 5.32 Å². The van der Waals surface area contributed by atoms with Crippen LogP contribution in [0.15, 0.2) is 28.8 Å². The zero-order chi connectivity index (χ0) is 19.5. The van der Waals surface area contributed by atoms with Crippen molar-refractivity contribution < 1.29 is 14.1 Å². The number of carbonyl (C=O) groups excluding carboxylic acids is 1. The number of anilines is 1. The van der Waals surface area contributed by atoms with E-state index in [4.69, 9.17) is 9.26 Å². The minimum atomic E-state index is -0.0458. The zero-order valence-corrected chi connectivity index (χ0v) is 16.9. The van der Waals surface area contributed by atoms with Gasteiger partial charge in [0.15, 0.2) is 5.13 Å². The second kappa shape index (κ2) is 8.14. The molecule has 6 nitrogen and oxygen atoms in total. The van der Waals surface area contributed by atoms with Gasteiger partial charge in [0.05, 0.1) is 23.4 Å². The molecule has 0 saturated heterocycles. The number of hydrogen-bond acceptors (Lipinski definition) is 6. The topological polar surface area (TPSA) is 77.2 Å². The van der Waals surface area contributed by atoms with Crippen molar-refractivity contribution in [3.63, 3.8) is 0 Å². The molecule has 4 rings (SSSR count). The highest BCUT2D eigenvalue weighted by Crippen LogP contribution is 2.29. The summed E-state index contributed by atoms with van der Waals surface area (Å²) in [4.78, 5) is 18.2. The van der Waals surface area contributed by atoms with Crippen LogP contribution >= 0.6 is 11.3 Å². The summed E-state index contributed by atoms with van der Waals surface area (Å²) >= 11 is 1.61. The Labute approximate surface area is 167 Å². The summed E-state index contributed by atoms with van der Waals surface area (Å²) in [6.45, 7) is 4.19. The summed E-state index contributed by atoms with van der Waals surface area (Å²) in [7, 11) is 0. The smallest absolute Gasteiger partial charge is 0.230 e. The zero-order valence-electron chi connectivity index (χ0n) is 16.1. The Kier molecular flexibility index (Phi) is 5.43. The van der Waals surface area contributed by atoms with Crippen LogP contribution in [0.2, 0.25) is 0 Å². The van der Waals surface area contributed by atoms with Crippen molar-refractivity contribution in [2.24, 2.45) is 0 Å². The molecule has 3 aromatic rings. The van der Waals surface area contributed by atoms with E-state index in [1.165, 1.54) is 17.7 Å². The molecule has 146 valence electrons. The van der Waals surface area contributed by atoms with Gasteiger partial charge in [-0.3, -0.25) is 4.79 Å². The second-order valence-electron chi connectivity index (χ2n) is 7.06. The maximum absolute atomic E-state index is 12.3. The summed E-state index contributed by atoms with van der Waals surface area (Å²) in [5, 5.41) is 7.58. The molecular weight excluding hydrogens is 374 g/mol. The van der Waals surface area contributed by atoms with Crippen LogP contribution in [-0.4, -0.2) is 16.0 Å². The summed E-state index contributed by atoms with van der Waals surface area (Å²) < 4.78 is 10.9. The van der Waals surface area contributed by atoms with Crippen molar-refractivity contribution in [2.45, 2.75) is 52.6 Å². The Morgan fingerprint density at radius 2 is 2.00 bits per heavy atom. The van der Waals surface area contributed by atoms with Gasteiger partial charge >= 0.3 is 0 Å². The highest BCUT2D eigenvalue weighted by atomic mass is 32.1. The number of aromatic nitrogens is 2. The van der Waals surface area contributed by atoms with Gasteiger partial charge in [0, 0.05) is 4.88 Å². The first kappa shape index (κ1) is 18.7. The predicted octanol–water partition coefficient (Wildman–Crippen LogP) is 4.39. The van der Waals surface area contributed by atoms with Gasteiger partial charge in [0.1, 0.15) is 18.1 Å². The Bertz CT molecular complexity index is 932. The number of thiazole rings is 1. The number of ether oxygens (including phenoxy) is 1. The summed E-state index contributed by atoms with van der Waals surface area (Å²) in [6.07, 6.45) is 4.83. The molecule has 0 fully saturated rings. The highest BCUT2D eigenvalue weighted by molar-refractivity contribution is 7.15. The molecule has 28 heavy (non-hydrogen) atoms. The fraction of sp³-hybridized carbons (Fsp3) is 0.381. The van der Waals surface area contributed by atoms with Crippen molar-refractivity contribution in [1.29, 1.82) is 0 Å². The fourth-order valence-corrected chi connectivity index (χ4v) is 4.39. The first-order valence-electron chi connectivity index (χ1n) is 9.50. The highest BCUT2D eigenvalue weighted by Gasteiger charge is 2.16. The van der Waals surface area contributed by atoms with Gasteiger partial charge < -0.3 is 14.6 Å². The third-order valence-corrected chi connectivity index (χ3v) is 6.02. The van der Waals surface area contributed by atoms with Gasteiger partial charge in [-0.15, -0.1) is 11.3 Å². The van der Waals surface area contributed by atoms with Gasteiger partial charge in [0.25, 0.3) is 0 Å². The number of carbonyl (C=O) groups is 1. The Morgan fingerprint density at radius 1 is 1.21 bits per heavy atom. The minimum Gasteiger partial charge on any atom is -0.489 e. The van der Waals surface area contributed by atoms with E-state index in [1.54, 1.807) is 11.3 Å². The summed E-state index contributed by atoms with van der Waals surface area (Å²) in [6, 6.07) is 7.58. The average molecular weight is 398 g/mol. The molecule has 1 aliphatic carbocycles. The number of fused-ring (bicyclic) bond motifs is 1. The number of nitrogens with zero attached hydrogens (tertiary/aromatic N) is 2. The molecular formula is C21H23N3O3S. The molecule has 2 aromatic heterocycles. The van der Waals surface area contributed by atoms with Crippen molar-refractivity contribution in [1.82, 2.24) is 10.1 Å². The fourth-order valence-electron chi connectivity index (χ4n) is 3.32. The predicted molar refractivity (Wildman–Crippen MR) is 108 cm³/mol. The van der Waals surface area contributed by atoms with Crippen LogP contribution in [0, 0.1) is 13.8 Å². The maximum Gasteiger partial charge on any atom is 0.230 e. The lowest BCUT2D eigenvalue weighted by Gasteiger charge is -2.07. The number of aryl methyl sites for hydroxylation is 4. The molecule has 1 aromatic carbocycles. The Morgan fingerprint density at radius 3 is 2.71 bits per heavy atom. The van der Waals surface area contributed by atoms with E-state index in [2.05, 4.69) is 15.5 Å². The third kappa shape index (κ3) is 4.25. The molecule has 0 aliphatic heterocycles. The normalized spacial score (nSPS) is 13.2. The number of hydrogen-bond donors (Lipinski definition) is 1. The van der Waals surface area contributed by atoms with E-state index in [9.17, 15) is 4.79 Å². The quantitative estimate of drug-likeness (QED) is 0.668. The van der Waals surface area contributed by atoms with Crippen LogP contribution in [0.1, 0.15) is 46.0 Å². The van der Waals surface area contributed by atoms with Crippen LogP contribution in [0.3, 0.4) is 0 Å². The van der Waals surface area contributed by atoms with Crippen LogP contribution in [0.4, 0.5) is 5.13 Å². The van der Waals surface area contributed by atoms with Gasteiger partial charge in [-0.05, 0) is 57.2 Å². The lowest BCUT2D eigenvalue weighted by molar-refractivity contribution is -0.115. The van der Waals surface area contributed by atoms with Gasteiger partial charge in [0.2, 0.25) is 5.91 Å². The molecule has 0 atom stereocenters. The molecule has 2 heterocycles. The molecule has 0 unspecified atom stereocenters. The monoisotopic (exact) mass is 397 g/mol. The van der Waals surface area contributed by atoms with Crippen molar-refractivity contribution in [3.05, 3.63) is 57.4 Å². The molecule has 0 bridgehead atoms. The van der Waals surface area contributed by atoms with E-state index in [0.717, 1.165) is 52.0 Å². The molecule has 0 spiro atoms.